The van der Waals surface area contributed by atoms with Gasteiger partial charge < -0.3 is 14.6 Å². The summed E-state index contributed by atoms with van der Waals surface area (Å²) in [4.78, 5) is 12.1. The monoisotopic (exact) mass is 286 g/mol. The lowest BCUT2D eigenvalue weighted by Crippen LogP contribution is -2.35. The molecular weight excluding hydrogens is 264 g/mol. The highest BCUT2D eigenvalue weighted by Crippen LogP contribution is 2.20. The van der Waals surface area contributed by atoms with E-state index in [4.69, 9.17) is 4.74 Å². The number of fused-ring (bicyclic) bond motifs is 1. The summed E-state index contributed by atoms with van der Waals surface area (Å²) < 4.78 is 7.44. The van der Waals surface area contributed by atoms with Crippen LogP contribution in [-0.2, 0) is 23.0 Å². The number of hydrogen-bond acceptors (Lipinski definition) is 2. The van der Waals surface area contributed by atoms with Crippen LogP contribution in [0.1, 0.15) is 18.4 Å². The Morgan fingerprint density at radius 2 is 2.10 bits per heavy atom. The van der Waals surface area contributed by atoms with E-state index in [1.165, 1.54) is 16.5 Å². The van der Waals surface area contributed by atoms with E-state index in [1.807, 2.05) is 0 Å². The van der Waals surface area contributed by atoms with Crippen LogP contribution in [0.2, 0.25) is 0 Å². The van der Waals surface area contributed by atoms with Crippen LogP contribution in [0, 0.1) is 5.92 Å². The first-order valence-electron chi connectivity index (χ1n) is 7.64. The molecule has 4 nitrogen and oxygen atoms in total. The SMILES string of the molecule is Cn1cc(CCNC(=O)C2CCOCC2)c2ccccc21. The first-order chi connectivity index (χ1) is 10.3. The van der Waals surface area contributed by atoms with E-state index < -0.39 is 0 Å². The predicted molar refractivity (Wildman–Crippen MR) is 83.2 cm³/mol. The molecule has 0 bridgehead atoms. The number of amides is 1. The summed E-state index contributed by atoms with van der Waals surface area (Å²) in [5.74, 6) is 0.310. The fourth-order valence-corrected chi connectivity index (χ4v) is 3.05. The Balaban J connectivity index is 1.58. The topological polar surface area (TPSA) is 43.3 Å². The molecule has 0 unspecified atom stereocenters. The van der Waals surface area contributed by atoms with E-state index >= 15 is 0 Å². The van der Waals surface area contributed by atoms with Crippen LogP contribution in [0.5, 0.6) is 0 Å². The highest BCUT2D eigenvalue weighted by Gasteiger charge is 2.21. The lowest BCUT2D eigenvalue weighted by atomic mass is 9.99. The second kappa shape index (κ2) is 6.31. The summed E-state index contributed by atoms with van der Waals surface area (Å²) in [5, 5.41) is 4.35. The summed E-state index contributed by atoms with van der Waals surface area (Å²) in [7, 11) is 2.06. The zero-order chi connectivity index (χ0) is 14.7. The third kappa shape index (κ3) is 3.10. The Labute approximate surface area is 125 Å². The molecule has 0 saturated carbocycles. The van der Waals surface area contributed by atoms with Gasteiger partial charge in [0.05, 0.1) is 0 Å². The number of ether oxygens (including phenoxy) is 1. The van der Waals surface area contributed by atoms with Crippen molar-refractivity contribution in [3.63, 3.8) is 0 Å². The van der Waals surface area contributed by atoms with Crippen molar-refractivity contribution < 1.29 is 9.53 Å². The highest BCUT2D eigenvalue weighted by molar-refractivity contribution is 5.84. The second-order valence-corrected chi connectivity index (χ2v) is 5.71. The van der Waals surface area contributed by atoms with Crippen LogP contribution in [0.3, 0.4) is 0 Å². The fourth-order valence-electron chi connectivity index (χ4n) is 3.05. The number of carbonyl (C=O) groups excluding carboxylic acids is 1. The molecule has 1 saturated heterocycles. The van der Waals surface area contributed by atoms with Crippen molar-refractivity contribution in [3.8, 4) is 0 Å². The smallest absolute Gasteiger partial charge is 0.223 e. The van der Waals surface area contributed by atoms with Gasteiger partial charge in [0.1, 0.15) is 0 Å². The number of aryl methyl sites for hydroxylation is 1. The van der Waals surface area contributed by atoms with Crippen LogP contribution < -0.4 is 5.32 Å². The van der Waals surface area contributed by atoms with E-state index in [2.05, 4.69) is 47.4 Å². The Bertz CT molecular complexity index is 627. The van der Waals surface area contributed by atoms with Gasteiger partial charge in [-0.15, -0.1) is 0 Å². The van der Waals surface area contributed by atoms with E-state index in [0.29, 0.717) is 19.8 Å². The molecule has 0 aliphatic carbocycles. The number of benzene rings is 1. The van der Waals surface area contributed by atoms with Crippen LogP contribution in [-0.4, -0.2) is 30.2 Å². The lowest BCUT2D eigenvalue weighted by molar-refractivity contribution is -0.127. The molecule has 1 aromatic carbocycles. The molecule has 1 aliphatic rings. The molecule has 1 fully saturated rings. The zero-order valence-electron chi connectivity index (χ0n) is 12.5. The maximum atomic E-state index is 12.1. The molecule has 0 atom stereocenters. The van der Waals surface area contributed by atoms with Gasteiger partial charge in [-0.05, 0) is 30.9 Å². The molecule has 3 rings (SSSR count). The summed E-state index contributed by atoms with van der Waals surface area (Å²) >= 11 is 0. The highest BCUT2D eigenvalue weighted by atomic mass is 16.5. The molecule has 4 heteroatoms. The van der Waals surface area contributed by atoms with E-state index in [0.717, 1.165) is 19.3 Å². The van der Waals surface area contributed by atoms with Gasteiger partial charge in [0.2, 0.25) is 5.91 Å². The molecule has 1 aliphatic heterocycles. The molecule has 2 heterocycles. The lowest BCUT2D eigenvalue weighted by Gasteiger charge is -2.21. The molecule has 2 aromatic rings. The van der Waals surface area contributed by atoms with Crippen molar-refractivity contribution in [2.24, 2.45) is 13.0 Å². The number of nitrogens with zero attached hydrogens (tertiary/aromatic N) is 1. The van der Waals surface area contributed by atoms with Gasteiger partial charge in [0, 0.05) is 49.8 Å². The van der Waals surface area contributed by atoms with Crippen LogP contribution >= 0.6 is 0 Å². The standard InChI is InChI=1S/C17H22N2O2/c1-19-12-14(15-4-2-3-5-16(15)19)6-9-18-17(20)13-7-10-21-11-8-13/h2-5,12-13H,6-11H2,1H3,(H,18,20). The molecule has 112 valence electrons. The summed E-state index contributed by atoms with van der Waals surface area (Å²) in [5.41, 5.74) is 2.53. The Hall–Kier alpha value is -1.81. The number of aromatic nitrogens is 1. The van der Waals surface area contributed by atoms with Gasteiger partial charge >= 0.3 is 0 Å². The predicted octanol–water partition coefficient (Wildman–Crippen LogP) is 2.26. The number of carbonyl (C=O) groups is 1. The Morgan fingerprint density at radius 1 is 1.33 bits per heavy atom. The molecule has 1 N–H and O–H groups in total. The van der Waals surface area contributed by atoms with Crippen LogP contribution in [0.15, 0.2) is 30.5 Å². The van der Waals surface area contributed by atoms with Gasteiger partial charge in [-0.1, -0.05) is 18.2 Å². The Kier molecular flexibility index (Phi) is 4.25. The normalized spacial score (nSPS) is 16.2. The minimum absolute atomic E-state index is 0.131. The van der Waals surface area contributed by atoms with Crippen LogP contribution in [0.4, 0.5) is 0 Å². The molecule has 0 spiro atoms. The van der Waals surface area contributed by atoms with Crippen molar-refractivity contribution in [2.45, 2.75) is 19.3 Å². The maximum absolute atomic E-state index is 12.1. The molecule has 1 amide bonds. The zero-order valence-corrected chi connectivity index (χ0v) is 12.5. The van der Waals surface area contributed by atoms with Gasteiger partial charge in [0.15, 0.2) is 0 Å². The maximum Gasteiger partial charge on any atom is 0.223 e. The molecule has 0 radical (unpaired) electrons. The van der Waals surface area contributed by atoms with E-state index in [9.17, 15) is 4.79 Å². The average molecular weight is 286 g/mol. The molecule has 21 heavy (non-hydrogen) atoms. The number of hydrogen-bond donors (Lipinski definition) is 1. The van der Waals surface area contributed by atoms with Gasteiger partial charge in [0.25, 0.3) is 0 Å². The Morgan fingerprint density at radius 3 is 2.90 bits per heavy atom. The van der Waals surface area contributed by atoms with Gasteiger partial charge in [-0.2, -0.15) is 0 Å². The van der Waals surface area contributed by atoms with Crippen molar-refractivity contribution in [1.82, 2.24) is 9.88 Å². The second-order valence-electron chi connectivity index (χ2n) is 5.71. The third-order valence-corrected chi connectivity index (χ3v) is 4.27. The average Bonchev–Trinajstić information content (AvgIpc) is 2.85. The number of para-hydroxylation sites is 1. The molecular formula is C17H22N2O2. The van der Waals surface area contributed by atoms with Crippen molar-refractivity contribution in [3.05, 3.63) is 36.0 Å². The quantitative estimate of drug-likeness (QED) is 0.937. The van der Waals surface area contributed by atoms with Gasteiger partial charge in [-0.25, -0.2) is 0 Å². The third-order valence-electron chi connectivity index (χ3n) is 4.27. The summed E-state index contributed by atoms with van der Waals surface area (Å²) in [6.07, 6.45) is 4.72. The minimum Gasteiger partial charge on any atom is -0.381 e. The van der Waals surface area contributed by atoms with Gasteiger partial charge in [-0.3, -0.25) is 4.79 Å². The molecule has 1 aromatic heterocycles. The summed E-state index contributed by atoms with van der Waals surface area (Å²) in [6, 6.07) is 8.38. The minimum atomic E-state index is 0.131. The van der Waals surface area contributed by atoms with Crippen molar-refractivity contribution >= 4 is 16.8 Å². The number of rotatable bonds is 4. The number of nitrogens with one attached hydrogen (secondary N) is 1. The van der Waals surface area contributed by atoms with E-state index in [-0.39, 0.29) is 11.8 Å². The van der Waals surface area contributed by atoms with E-state index in [1.54, 1.807) is 0 Å². The first kappa shape index (κ1) is 14.1. The first-order valence-corrected chi connectivity index (χ1v) is 7.64. The van der Waals surface area contributed by atoms with Crippen molar-refractivity contribution in [1.29, 1.82) is 0 Å². The van der Waals surface area contributed by atoms with Crippen molar-refractivity contribution in [2.75, 3.05) is 19.8 Å². The van der Waals surface area contributed by atoms with Crippen LogP contribution in [0.25, 0.3) is 10.9 Å². The fraction of sp³-hybridized carbons (Fsp3) is 0.471. The summed E-state index contributed by atoms with van der Waals surface area (Å²) in [6.45, 7) is 2.12. The largest absolute Gasteiger partial charge is 0.381 e.